The minimum atomic E-state index is -1.64. The molecule has 7 nitrogen and oxygen atoms in total. The first-order valence-corrected chi connectivity index (χ1v) is 9.47. The SMILES string of the molecule is CN=C(NCC(=O)Nc1ccc(F)c(F)c1F)N(C)Cc1csc(C(C)OC)n1.I. The summed E-state index contributed by atoms with van der Waals surface area (Å²) < 4.78 is 45.1. The first-order chi connectivity index (χ1) is 13.8. The van der Waals surface area contributed by atoms with Gasteiger partial charge in [-0.05, 0) is 19.1 Å². The van der Waals surface area contributed by atoms with E-state index in [1.54, 1.807) is 26.1 Å². The second-order valence-electron chi connectivity index (χ2n) is 6.08. The number of aromatic nitrogens is 1. The molecule has 0 aliphatic carbocycles. The number of guanidine groups is 1. The van der Waals surface area contributed by atoms with Crippen molar-refractivity contribution in [2.45, 2.75) is 19.6 Å². The fraction of sp³-hybridized carbons (Fsp3) is 0.389. The highest BCUT2D eigenvalue weighted by Gasteiger charge is 2.16. The van der Waals surface area contributed by atoms with E-state index in [2.05, 4.69) is 20.6 Å². The number of hydrogen-bond donors (Lipinski definition) is 2. The first kappa shape index (κ1) is 26.1. The van der Waals surface area contributed by atoms with Crippen LogP contribution in [0, 0.1) is 17.5 Å². The van der Waals surface area contributed by atoms with Crippen molar-refractivity contribution in [2.24, 2.45) is 4.99 Å². The topological polar surface area (TPSA) is 78.9 Å². The molecular weight excluding hydrogens is 534 g/mol. The molecule has 2 rings (SSSR count). The number of ether oxygens (including phenoxy) is 1. The van der Waals surface area contributed by atoms with Gasteiger partial charge >= 0.3 is 0 Å². The van der Waals surface area contributed by atoms with E-state index >= 15 is 0 Å². The van der Waals surface area contributed by atoms with Gasteiger partial charge in [-0.1, -0.05) is 0 Å². The van der Waals surface area contributed by atoms with Gasteiger partial charge in [-0.3, -0.25) is 9.79 Å². The van der Waals surface area contributed by atoms with E-state index in [0.717, 1.165) is 22.8 Å². The number of nitrogens with one attached hydrogen (secondary N) is 2. The van der Waals surface area contributed by atoms with Crippen LogP contribution in [-0.4, -0.2) is 49.5 Å². The Labute approximate surface area is 193 Å². The average Bonchev–Trinajstić information content (AvgIpc) is 3.16. The second-order valence-corrected chi connectivity index (χ2v) is 6.97. The maximum Gasteiger partial charge on any atom is 0.243 e. The van der Waals surface area contributed by atoms with Crippen molar-refractivity contribution >= 4 is 52.9 Å². The summed E-state index contributed by atoms with van der Waals surface area (Å²) in [6.07, 6.45) is -0.100. The normalized spacial score (nSPS) is 12.2. The van der Waals surface area contributed by atoms with Crippen LogP contribution in [0.25, 0.3) is 0 Å². The summed E-state index contributed by atoms with van der Waals surface area (Å²) >= 11 is 1.49. The van der Waals surface area contributed by atoms with Crippen LogP contribution in [0.4, 0.5) is 18.9 Å². The van der Waals surface area contributed by atoms with Gasteiger partial charge < -0.3 is 20.3 Å². The van der Waals surface area contributed by atoms with Crippen LogP contribution >= 0.6 is 35.3 Å². The lowest BCUT2D eigenvalue weighted by atomic mass is 10.2. The molecule has 1 atom stereocenters. The predicted octanol–water partition coefficient (Wildman–Crippen LogP) is 3.53. The highest BCUT2D eigenvalue weighted by molar-refractivity contribution is 14.0. The van der Waals surface area contributed by atoms with E-state index < -0.39 is 29.0 Å². The van der Waals surface area contributed by atoms with Crippen LogP contribution in [0.5, 0.6) is 0 Å². The van der Waals surface area contributed by atoms with Gasteiger partial charge in [-0.25, -0.2) is 18.2 Å². The minimum absolute atomic E-state index is 0. The number of halogens is 4. The van der Waals surface area contributed by atoms with Crippen molar-refractivity contribution in [3.05, 3.63) is 45.7 Å². The molecule has 0 spiro atoms. The largest absolute Gasteiger partial charge is 0.375 e. The molecule has 0 fully saturated rings. The van der Waals surface area contributed by atoms with Gasteiger partial charge in [0.05, 0.1) is 24.5 Å². The Bertz CT molecular complexity index is 897. The molecule has 166 valence electrons. The molecule has 2 aromatic rings. The van der Waals surface area contributed by atoms with Crippen LogP contribution < -0.4 is 10.6 Å². The Kier molecular flexibility index (Phi) is 10.5. The minimum Gasteiger partial charge on any atom is -0.375 e. The molecule has 1 unspecified atom stereocenters. The van der Waals surface area contributed by atoms with Gasteiger partial charge in [0.15, 0.2) is 23.4 Å². The van der Waals surface area contributed by atoms with E-state index in [1.807, 2.05) is 12.3 Å². The number of thiazole rings is 1. The Morgan fingerprint density at radius 1 is 1.33 bits per heavy atom. The molecule has 30 heavy (non-hydrogen) atoms. The van der Waals surface area contributed by atoms with E-state index in [1.165, 1.54) is 11.3 Å². The summed E-state index contributed by atoms with van der Waals surface area (Å²) in [5, 5.41) is 7.77. The molecular formula is C18H23F3IN5O2S. The van der Waals surface area contributed by atoms with Gasteiger partial charge in [-0.15, -0.1) is 35.3 Å². The van der Waals surface area contributed by atoms with Crippen molar-refractivity contribution in [3.8, 4) is 0 Å². The van der Waals surface area contributed by atoms with Gasteiger partial charge in [-0.2, -0.15) is 0 Å². The molecule has 1 amide bonds. The van der Waals surface area contributed by atoms with Crippen molar-refractivity contribution in [2.75, 3.05) is 33.1 Å². The number of methoxy groups -OCH3 is 1. The molecule has 0 saturated heterocycles. The number of amides is 1. The number of hydrogen-bond acceptors (Lipinski definition) is 5. The second kappa shape index (κ2) is 12.1. The third-order valence-electron chi connectivity index (χ3n) is 3.96. The zero-order valence-electron chi connectivity index (χ0n) is 16.8. The quantitative estimate of drug-likeness (QED) is 0.236. The molecule has 12 heteroatoms. The number of nitrogens with zero attached hydrogens (tertiary/aromatic N) is 3. The highest BCUT2D eigenvalue weighted by atomic mass is 127. The first-order valence-electron chi connectivity index (χ1n) is 8.59. The maximum atomic E-state index is 13.6. The Balaban J connectivity index is 0.00000450. The Hall–Kier alpha value is -1.93. The summed E-state index contributed by atoms with van der Waals surface area (Å²) in [4.78, 5) is 22.3. The van der Waals surface area contributed by atoms with E-state index in [9.17, 15) is 18.0 Å². The Morgan fingerprint density at radius 2 is 2.03 bits per heavy atom. The van der Waals surface area contributed by atoms with E-state index in [4.69, 9.17) is 4.74 Å². The molecule has 1 heterocycles. The van der Waals surface area contributed by atoms with Gasteiger partial charge in [0, 0.05) is 26.6 Å². The van der Waals surface area contributed by atoms with Crippen LogP contribution in [0.15, 0.2) is 22.5 Å². The predicted molar refractivity (Wildman–Crippen MR) is 121 cm³/mol. The van der Waals surface area contributed by atoms with Crippen molar-refractivity contribution in [1.29, 1.82) is 0 Å². The summed E-state index contributed by atoms with van der Waals surface area (Å²) in [5.41, 5.74) is 0.369. The van der Waals surface area contributed by atoms with Crippen LogP contribution in [0.1, 0.15) is 23.7 Å². The zero-order valence-corrected chi connectivity index (χ0v) is 20.0. The lowest BCUT2D eigenvalue weighted by Crippen LogP contribution is -2.42. The number of carbonyl (C=O) groups excluding carboxylic acids is 1. The number of carbonyl (C=O) groups is 1. The van der Waals surface area contributed by atoms with Crippen LogP contribution in [-0.2, 0) is 16.1 Å². The number of aliphatic imine (C=N–C) groups is 1. The van der Waals surface area contributed by atoms with Crippen molar-refractivity contribution < 1.29 is 22.7 Å². The number of rotatable bonds is 7. The molecule has 1 aromatic heterocycles. The summed E-state index contributed by atoms with van der Waals surface area (Å²) in [6, 6.07) is 1.69. The highest BCUT2D eigenvalue weighted by Crippen LogP contribution is 2.21. The molecule has 0 bridgehead atoms. The Morgan fingerprint density at radius 3 is 2.67 bits per heavy atom. The van der Waals surface area contributed by atoms with Gasteiger partial charge in [0.2, 0.25) is 5.91 Å². The molecule has 0 aliphatic heterocycles. The van der Waals surface area contributed by atoms with Crippen LogP contribution in [0.2, 0.25) is 0 Å². The lowest BCUT2D eigenvalue weighted by Gasteiger charge is -2.21. The molecule has 0 radical (unpaired) electrons. The zero-order chi connectivity index (χ0) is 21.6. The number of benzene rings is 1. The third-order valence-corrected chi connectivity index (χ3v) is 5.01. The van der Waals surface area contributed by atoms with Crippen molar-refractivity contribution in [1.82, 2.24) is 15.2 Å². The van der Waals surface area contributed by atoms with Crippen molar-refractivity contribution in [3.63, 3.8) is 0 Å². The van der Waals surface area contributed by atoms with Gasteiger partial charge in [0.25, 0.3) is 0 Å². The summed E-state index contributed by atoms with van der Waals surface area (Å²) in [5.74, 6) is -4.67. The maximum absolute atomic E-state index is 13.6. The lowest BCUT2D eigenvalue weighted by molar-refractivity contribution is -0.115. The van der Waals surface area contributed by atoms with E-state index in [0.29, 0.717) is 12.5 Å². The number of anilines is 1. The fourth-order valence-corrected chi connectivity index (χ4v) is 3.20. The third kappa shape index (κ3) is 6.80. The average molecular weight is 557 g/mol. The van der Waals surface area contributed by atoms with Crippen LogP contribution in [0.3, 0.4) is 0 Å². The molecule has 0 saturated carbocycles. The van der Waals surface area contributed by atoms with Gasteiger partial charge in [0.1, 0.15) is 11.1 Å². The monoisotopic (exact) mass is 557 g/mol. The fourth-order valence-electron chi connectivity index (χ4n) is 2.36. The smallest absolute Gasteiger partial charge is 0.243 e. The van der Waals surface area contributed by atoms with E-state index in [-0.39, 0.29) is 36.6 Å². The summed E-state index contributed by atoms with van der Waals surface area (Å²) in [6.45, 7) is 2.09. The standard InChI is InChI=1S/C18H22F3N5O2S.HI/c1-10(28-4)17-24-11(9-29-17)8-26(3)18(22-2)23-7-14(27)25-13-6-5-12(19)15(20)16(13)21;/h5-6,9-10H,7-8H2,1-4H3,(H,22,23)(H,25,27);1H. The molecule has 1 aromatic carbocycles. The molecule has 0 aliphatic rings. The molecule has 2 N–H and O–H groups in total. The summed E-state index contributed by atoms with van der Waals surface area (Å²) in [7, 11) is 4.92.